The number of amides is 2. The molecule has 2 bridgehead atoms. The number of ether oxygens (including phenoxy) is 2. The molecule has 6 nitrogen and oxygen atoms in total. The minimum absolute atomic E-state index is 0.0371. The molecule has 1 N–H and O–H groups in total. The van der Waals surface area contributed by atoms with Crippen LogP contribution in [0.4, 0.5) is 0 Å². The normalized spacial score (nSPS) is 31.2. The second kappa shape index (κ2) is 7.24. The lowest BCUT2D eigenvalue weighted by Gasteiger charge is -2.29. The number of likely N-dealkylation sites (tertiary alicyclic amines) is 1. The minimum Gasteiger partial charge on any atom is -0.372 e. The molecule has 0 aromatic heterocycles. The third-order valence-electron chi connectivity index (χ3n) is 6.38. The predicted octanol–water partition coefficient (Wildman–Crippen LogP) is 1.77. The van der Waals surface area contributed by atoms with Crippen LogP contribution >= 0.6 is 0 Å². The number of nitrogens with zero attached hydrogens (tertiary/aromatic N) is 1. The Morgan fingerprint density at radius 2 is 2.11 bits per heavy atom. The van der Waals surface area contributed by atoms with Gasteiger partial charge in [-0.05, 0) is 38.8 Å². The first-order valence-corrected chi connectivity index (χ1v) is 9.90. The number of fused-ring (bicyclic) bond motifs is 1. The van der Waals surface area contributed by atoms with Crippen molar-refractivity contribution in [3.05, 3.63) is 35.4 Å². The van der Waals surface area contributed by atoms with E-state index in [1.54, 1.807) is 0 Å². The fourth-order valence-corrected chi connectivity index (χ4v) is 4.95. The van der Waals surface area contributed by atoms with Crippen molar-refractivity contribution >= 4 is 11.8 Å². The average Bonchev–Trinajstić information content (AvgIpc) is 3.33. The predicted molar refractivity (Wildman–Crippen MR) is 100 cm³/mol. The first kappa shape index (κ1) is 18.4. The summed E-state index contributed by atoms with van der Waals surface area (Å²) in [6.07, 6.45) is 2.20. The van der Waals surface area contributed by atoms with Gasteiger partial charge in [-0.2, -0.15) is 0 Å². The Kier molecular flexibility index (Phi) is 4.95. The van der Waals surface area contributed by atoms with Gasteiger partial charge in [0.2, 0.25) is 5.91 Å². The van der Waals surface area contributed by atoms with Crippen LogP contribution in [0.3, 0.4) is 0 Å². The molecule has 0 unspecified atom stereocenters. The lowest BCUT2D eigenvalue weighted by atomic mass is 9.73. The Labute approximate surface area is 160 Å². The molecule has 4 rings (SSSR count). The number of benzene rings is 1. The number of nitrogens with one attached hydrogen (secondary N) is 1. The van der Waals surface area contributed by atoms with Crippen molar-refractivity contribution in [3.63, 3.8) is 0 Å². The molecule has 3 fully saturated rings. The van der Waals surface area contributed by atoms with E-state index in [-0.39, 0.29) is 36.0 Å². The second-order valence-electron chi connectivity index (χ2n) is 8.02. The standard InChI is InChI=1S/C21H28N2O4/c1-3-26-12-19(24)23-11-17-16(18-8-9-21(17,13-23)27-18)10-22-20(25)15-6-4-14(2)5-7-15/h4-7,16-18H,3,8-13H2,1-2H3,(H,22,25)/t16-,17+,18+,21+/m0/s1. The highest BCUT2D eigenvalue weighted by molar-refractivity contribution is 5.94. The molecular weight excluding hydrogens is 344 g/mol. The number of aryl methyl sites for hydroxylation is 1. The lowest BCUT2D eigenvalue weighted by molar-refractivity contribution is -0.136. The lowest BCUT2D eigenvalue weighted by Crippen LogP contribution is -2.41. The van der Waals surface area contributed by atoms with Gasteiger partial charge >= 0.3 is 0 Å². The third kappa shape index (κ3) is 3.36. The fraction of sp³-hybridized carbons (Fsp3) is 0.619. The molecule has 0 radical (unpaired) electrons. The van der Waals surface area contributed by atoms with Crippen LogP contribution in [0.1, 0.15) is 35.7 Å². The van der Waals surface area contributed by atoms with E-state index in [1.165, 1.54) is 0 Å². The molecule has 146 valence electrons. The van der Waals surface area contributed by atoms with Crippen LogP contribution in [-0.4, -0.2) is 61.3 Å². The van der Waals surface area contributed by atoms with Gasteiger partial charge in [0.15, 0.2) is 0 Å². The van der Waals surface area contributed by atoms with Crippen molar-refractivity contribution in [1.82, 2.24) is 10.2 Å². The largest absolute Gasteiger partial charge is 0.372 e. The van der Waals surface area contributed by atoms with Crippen LogP contribution < -0.4 is 5.32 Å². The molecule has 1 spiro atoms. The number of carbonyl (C=O) groups is 2. The zero-order chi connectivity index (χ0) is 19.0. The van der Waals surface area contributed by atoms with Crippen LogP contribution in [0, 0.1) is 18.8 Å². The maximum atomic E-state index is 12.5. The van der Waals surface area contributed by atoms with Gasteiger partial charge in [-0.15, -0.1) is 0 Å². The molecule has 3 saturated heterocycles. The van der Waals surface area contributed by atoms with Gasteiger partial charge in [0.1, 0.15) is 6.61 Å². The molecule has 27 heavy (non-hydrogen) atoms. The van der Waals surface area contributed by atoms with Gasteiger partial charge in [-0.1, -0.05) is 17.7 Å². The van der Waals surface area contributed by atoms with E-state index >= 15 is 0 Å². The number of hydrogen-bond donors (Lipinski definition) is 1. The number of hydrogen-bond acceptors (Lipinski definition) is 4. The van der Waals surface area contributed by atoms with E-state index in [4.69, 9.17) is 9.47 Å². The van der Waals surface area contributed by atoms with E-state index in [9.17, 15) is 9.59 Å². The van der Waals surface area contributed by atoms with Crippen LogP contribution in [0.2, 0.25) is 0 Å². The monoisotopic (exact) mass is 372 g/mol. The molecule has 3 aliphatic heterocycles. The summed E-state index contributed by atoms with van der Waals surface area (Å²) >= 11 is 0. The SMILES string of the molecule is CCOCC(=O)N1C[C@@H]2[C@H](CNC(=O)c3ccc(C)cc3)[C@H]3CC[C@]2(C1)O3. The van der Waals surface area contributed by atoms with Crippen LogP contribution in [0.25, 0.3) is 0 Å². The van der Waals surface area contributed by atoms with Gasteiger partial charge in [-0.3, -0.25) is 9.59 Å². The fourth-order valence-electron chi connectivity index (χ4n) is 4.95. The minimum atomic E-state index is -0.216. The van der Waals surface area contributed by atoms with E-state index < -0.39 is 0 Å². The number of carbonyl (C=O) groups excluding carboxylic acids is 2. The Bertz CT molecular complexity index is 719. The zero-order valence-electron chi connectivity index (χ0n) is 16.1. The summed E-state index contributed by atoms with van der Waals surface area (Å²) in [4.78, 5) is 26.7. The quantitative estimate of drug-likeness (QED) is 0.826. The summed E-state index contributed by atoms with van der Waals surface area (Å²) < 4.78 is 11.6. The van der Waals surface area contributed by atoms with Gasteiger partial charge < -0.3 is 19.7 Å². The summed E-state index contributed by atoms with van der Waals surface area (Å²) in [5.74, 6) is 0.544. The van der Waals surface area contributed by atoms with E-state index in [0.717, 1.165) is 18.4 Å². The first-order valence-electron chi connectivity index (χ1n) is 9.90. The average molecular weight is 372 g/mol. The summed E-state index contributed by atoms with van der Waals surface area (Å²) in [5.41, 5.74) is 1.60. The summed E-state index contributed by atoms with van der Waals surface area (Å²) in [6.45, 7) is 6.53. The smallest absolute Gasteiger partial charge is 0.251 e. The van der Waals surface area contributed by atoms with E-state index in [2.05, 4.69) is 5.32 Å². The number of rotatable bonds is 6. The molecule has 3 heterocycles. The highest BCUT2D eigenvalue weighted by atomic mass is 16.5. The summed E-state index contributed by atoms with van der Waals surface area (Å²) in [7, 11) is 0. The van der Waals surface area contributed by atoms with Crippen molar-refractivity contribution in [1.29, 1.82) is 0 Å². The van der Waals surface area contributed by atoms with Crippen LogP contribution in [-0.2, 0) is 14.3 Å². The second-order valence-corrected chi connectivity index (χ2v) is 8.02. The van der Waals surface area contributed by atoms with Crippen LogP contribution in [0.15, 0.2) is 24.3 Å². The van der Waals surface area contributed by atoms with Gasteiger partial charge in [-0.25, -0.2) is 0 Å². The van der Waals surface area contributed by atoms with Gasteiger partial charge in [0.05, 0.1) is 18.2 Å². The van der Waals surface area contributed by atoms with Crippen molar-refractivity contribution < 1.29 is 19.1 Å². The topological polar surface area (TPSA) is 67.9 Å². The Hall–Kier alpha value is -1.92. The highest BCUT2D eigenvalue weighted by Gasteiger charge is 2.63. The van der Waals surface area contributed by atoms with Crippen molar-refractivity contribution in [2.24, 2.45) is 11.8 Å². The summed E-state index contributed by atoms with van der Waals surface area (Å²) in [6, 6.07) is 7.60. The third-order valence-corrected chi connectivity index (χ3v) is 6.38. The van der Waals surface area contributed by atoms with Crippen molar-refractivity contribution in [2.45, 2.75) is 38.4 Å². The molecule has 0 saturated carbocycles. The highest BCUT2D eigenvalue weighted by Crippen LogP contribution is 2.54. The van der Waals surface area contributed by atoms with Crippen molar-refractivity contribution in [3.8, 4) is 0 Å². The van der Waals surface area contributed by atoms with Gasteiger partial charge in [0, 0.05) is 37.1 Å². The van der Waals surface area contributed by atoms with Crippen LogP contribution in [0.5, 0.6) is 0 Å². The van der Waals surface area contributed by atoms with Gasteiger partial charge in [0.25, 0.3) is 5.91 Å². The maximum Gasteiger partial charge on any atom is 0.251 e. The molecular formula is C21H28N2O4. The molecule has 4 atom stereocenters. The van der Waals surface area contributed by atoms with E-state index in [1.807, 2.05) is 43.0 Å². The zero-order valence-corrected chi connectivity index (χ0v) is 16.1. The van der Waals surface area contributed by atoms with Crippen molar-refractivity contribution in [2.75, 3.05) is 32.8 Å². The molecule has 1 aromatic carbocycles. The Morgan fingerprint density at radius 1 is 1.33 bits per heavy atom. The molecule has 0 aliphatic carbocycles. The first-order chi connectivity index (χ1) is 13.0. The Morgan fingerprint density at radius 3 is 2.85 bits per heavy atom. The summed E-state index contributed by atoms with van der Waals surface area (Å²) in [5, 5.41) is 3.09. The van der Waals surface area contributed by atoms with E-state index in [0.29, 0.717) is 37.7 Å². The molecule has 6 heteroatoms. The Balaban J connectivity index is 1.39. The molecule has 1 aromatic rings. The maximum absolute atomic E-state index is 12.5. The molecule has 2 amide bonds. The molecule has 3 aliphatic rings.